The van der Waals surface area contributed by atoms with E-state index >= 15 is 0 Å². The molecule has 2 aromatic carbocycles. The lowest BCUT2D eigenvalue weighted by Gasteiger charge is -2.32. The summed E-state index contributed by atoms with van der Waals surface area (Å²) in [7, 11) is 0.811. The second-order valence-electron chi connectivity index (χ2n) is 8.47. The first-order chi connectivity index (χ1) is 15.6. The molecule has 0 saturated carbocycles. The van der Waals surface area contributed by atoms with Gasteiger partial charge in [0.15, 0.2) is 11.5 Å². The van der Waals surface area contributed by atoms with E-state index in [9.17, 15) is 8.42 Å². The fraction of sp³-hybridized carbons (Fsp3) is 0.391. The first kappa shape index (κ1) is 23.1. The van der Waals surface area contributed by atoms with Gasteiger partial charge in [-0.2, -0.15) is 9.29 Å². The van der Waals surface area contributed by atoms with E-state index < -0.39 is 10.0 Å². The highest BCUT2D eigenvalue weighted by Crippen LogP contribution is 2.35. The Balaban J connectivity index is 1.52. The highest BCUT2D eigenvalue weighted by atomic mass is 32.2. The van der Waals surface area contributed by atoms with Crippen molar-refractivity contribution in [3.05, 3.63) is 47.9 Å². The third-order valence-electron chi connectivity index (χ3n) is 5.59. The average molecular weight is 474 g/mol. The maximum atomic E-state index is 13.1. The Morgan fingerprint density at radius 2 is 1.85 bits per heavy atom. The SMILES string of the molecule is COc1ccc(-c2noc(CN(C)S(=O)(=O)c3ccc4c(c3)CCC(C)(C)O4)n2)cc1OC. The molecule has 10 heteroatoms. The van der Waals surface area contributed by atoms with E-state index in [1.54, 1.807) is 43.5 Å². The molecule has 0 saturated heterocycles. The first-order valence-corrected chi connectivity index (χ1v) is 11.9. The van der Waals surface area contributed by atoms with Gasteiger partial charge >= 0.3 is 0 Å². The Morgan fingerprint density at radius 1 is 1.09 bits per heavy atom. The topological polar surface area (TPSA) is 104 Å². The summed E-state index contributed by atoms with van der Waals surface area (Å²) < 4.78 is 49.3. The van der Waals surface area contributed by atoms with Crippen molar-refractivity contribution in [1.29, 1.82) is 0 Å². The summed E-state index contributed by atoms with van der Waals surface area (Å²) >= 11 is 0. The Labute approximate surface area is 193 Å². The Morgan fingerprint density at radius 3 is 2.58 bits per heavy atom. The van der Waals surface area contributed by atoms with Crippen molar-refractivity contribution in [2.75, 3.05) is 21.3 Å². The summed E-state index contributed by atoms with van der Waals surface area (Å²) in [5.74, 6) is 2.33. The van der Waals surface area contributed by atoms with E-state index in [2.05, 4.69) is 10.1 Å². The van der Waals surface area contributed by atoms with Crippen molar-refractivity contribution in [2.45, 2.75) is 43.7 Å². The lowest BCUT2D eigenvalue weighted by atomic mass is 9.94. The molecule has 3 aromatic rings. The number of methoxy groups -OCH3 is 2. The summed E-state index contributed by atoms with van der Waals surface area (Å²) in [5, 5.41) is 3.98. The highest BCUT2D eigenvalue weighted by Gasteiger charge is 2.29. The predicted octanol–water partition coefficient (Wildman–Crippen LogP) is 3.68. The molecule has 9 nitrogen and oxygen atoms in total. The van der Waals surface area contributed by atoms with Gasteiger partial charge in [-0.25, -0.2) is 8.42 Å². The van der Waals surface area contributed by atoms with Crippen LogP contribution in [0.25, 0.3) is 11.4 Å². The van der Waals surface area contributed by atoms with Gasteiger partial charge in [-0.15, -0.1) is 0 Å². The molecule has 0 atom stereocenters. The second kappa shape index (κ2) is 8.68. The van der Waals surface area contributed by atoms with Crippen molar-refractivity contribution in [1.82, 2.24) is 14.4 Å². The van der Waals surface area contributed by atoms with Gasteiger partial charge in [0.05, 0.1) is 25.7 Å². The molecule has 0 spiro atoms. The van der Waals surface area contributed by atoms with Gasteiger partial charge in [0.1, 0.15) is 11.4 Å². The van der Waals surface area contributed by atoms with Crippen LogP contribution in [0.15, 0.2) is 45.8 Å². The zero-order valence-corrected chi connectivity index (χ0v) is 20.1. The van der Waals surface area contributed by atoms with Gasteiger partial charge in [0.2, 0.25) is 21.7 Å². The van der Waals surface area contributed by atoms with Crippen LogP contribution >= 0.6 is 0 Å². The van der Waals surface area contributed by atoms with Crippen molar-refractivity contribution in [3.8, 4) is 28.6 Å². The molecule has 176 valence electrons. The van der Waals surface area contributed by atoms with E-state index in [1.165, 1.54) is 18.5 Å². The largest absolute Gasteiger partial charge is 0.493 e. The molecule has 2 heterocycles. The molecular weight excluding hydrogens is 446 g/mol. The van der Waals surface area contributed by atoms with Crippen molar-refractivity contribution in [2.24, 2.45) is 0 Å². The van der Waals surface area contributed by atoms with E-state index in [0.29, 0.717) is 22.9 Å². The zero-order valence-electron chi connectivity index (χ0n) is 19.3. The minimum Gasteiger partial charge on any atom is -0.493 e. The Hall–Kier alpha value is -3.11. The number of fused-ring (bicyclic) bond motifs is 1. The minimum atomic E-state index is -3.76. The van der Waals surface area contributed by atoms with Gasteiger partial charge in [-0.1, -0.05) is 5.16 Å². The monoisotopic (exact) mass is 473 g/mol. The molecule has 33 heavy (non-hydrogen) atoms. The third kappa shape index (κ3) is 4.67. The van der Waals surface area contributed by atoms with E-state index in [-0.39, 0.29) is 22.9 Å². The molecule has 0 radical (unpaired) electrons. The summed E-state index contributed by atoms with van der Waals surface area (Å²) in [6.45, 7) is 3.98. The van der Waals surface area contributed by atoms with Crippen LogP contribution in [0.4, 0.5) is 0 Å². The summed E-state index contributed by atoms with van der Waals surface area (Å²) in [5.41, 5.74) is 1.29. The van der Waals surface area contributed by atoms with Crippen LogP contribution < -0.4 is 14.2 Å². The van der Waals surface area contributed by atoms with Crippen LogP contribution in [0.2, 0.25) is 0 Å². The van der Waals surface area contributed by atoms with Crippen LogP contribution in [0.3, 0.4) is 0 Å². The number of aromatic nitrogens is 2. The molecule has 0 bridgehead atoms. The number of ether oxygens (including phenoxy) is 3. The molecule has 1 aliphatic heterocycles. The van der Waals surface area contributed by atoms with Gasteiger partial charge in [0.25, 0.3) is 0 Å². The van der Waals surface area contributed by atoms with Crippen molar-refractivity contribution in [3.63, 3.8) is 0 Å². The van der Waals surface area contributed by atoms with Gasteiger partial charge in [-0.05, 0) is 68.7 Å². The van der Waals surface area contributed by atoms with Crippen molar-refractivity contribution < 1.29 is 27.2 Å². The number of aryl methyl sites for hydroxylation is 1. The number of hydrogen-bond acceptors (Lipinski definition) is 8. The molecule has 1 aromatic heterocycles. The molecule has 0 amide bonds. The third-order valence-corrected chi connectivity index (χ3v) is 7.39. The van der Waals surface area contributed by atoms with Crippen LogP contribution in [0.5, 0.6) is 17.2 Å². The fourth-order valence-corrected chi connectivity index (χ4v) is 4.83. The van der Waals surface area contributed by atoms with Crippen LogP contribution in [-0.2, 0) is 23.0 Å². The average Bonchev–Trinajstić information content (AvgIpc) is 3.26. The summed E-state index contributed by atoms with van der Waals surface area (Å²) in [6, 6.07) is 10.2. The quantitative estimate of drug-likeness (QED) is 0.512. The molecule has 4 rings (SSSR count). The fourth-order valence-electron chi connectivity index (χ4n) is 3.66. The minimum absolute atomic E-state index is 0.0662. The van der Waals surface area contributed by atoms with Crippen molar-refractivity contribution >= 4 is 10.0 Å². The van der Waals surface area contributed by atoms with E-state index in [1.807, 2.05) is 13.8 Å². The van der Waals surface area contributed by atoms with Crippen LogP contribution in [0, 0.1) is 0 Å². The highest BCUT2D eigenvalue weighted by molar-refractivity contribution is 7.89. The number of benzene rings is 2. The van der Waals surface area contributed by atoms with Crippen LogP contribution in [0.1, 0.15) is 31.7 Å². The molecule has 0 fully saturated rings. The van der Waals surface area contributed by atoms with Gasteiger partial charge in [-0.3, -0.25) is 0 Å². The predicted molar refractivity (Wildman–Crippen MR) is 121 cm³/mol. The molecule has 0 aliphatic carbocycles. The smallest absolute Gasteiger partial charge is 0.243 e. The zero-order chi connectivity index (χ0) is 23.8. The van der Waals surface area contributed by atoms with E-state index in [0.717, 1.165) is 24.2 Å². The lowest BCUT2D eigenvalue weighted by Crippen LogP contribution is -2.33. The normalized spacial score (nSPS) is 15.1. The summed E-state index contributed by atoms with van der Waals surface area (Å²) in [6.07, 6.45) is 1.58. The number of sulfonamides is 1. The summed E-state index contributed by atoms with van der Waals surface area (Å²) in [4.78, 5) is 4.55. The number of hydrogen-bond donors (Lipinski definition) is 0. The Kier molecular flexibility index (Phi) is 6.06. The molecule has 1 aliphatic rings. The first-order valence-electron chi connectivity index (χ1n) is 10.5. The Bertz CT molecular complexity index is 1270. The molecule has 0 unspecified atom stereocenters. The maximum Gasteiger partial charge on any atom is 0.243 e. The van der Waals surface area contributed by atoms with Gasteiger partial charge in [0, 0.05) is 12.6 Å². The van der Waals surface area contributed by atoms with E-state index in [4.69, 9.17) is 18.7 Å². The second-order valence-corrected chi connectivity index (χ2v) is 10.5. The number of rotatable bonds is 7. The van der Waals surface area contributed by atoms with Crippen LogP contribution in [-0.4, -0.2) is 49.7 Å². The standard InChI is InChI=1S/C23H27N3O6S/c1-23(2)11-10-15-12-17(7-9-18(15)31-23)33(27,28)26(3)14-21-24-22(25-32-21)16-6-8-19(29-4)20(13-16)30-5/h6-9,12-13H,10-11,14H2,1-5H3. The lowest BCUT2D eigenvalue weighted by molar-refractivity contribution is 0.0845. The molecule has 0 N–H and O–H groups in total. The number of nitrogens with zero attached hydrogens (tertiary/aromatic N) is 3. The molecular formula is C23H27N3O6S. The maximum absolute atomic E-state index is 13.1. The van der Waals surface area contributed by atoms with Gasteiger partial charge < -0.3 is 18.7 Å².